The van der Waals surface area contributed by atoms with E-state index in [1.807, 2.05) is 60.7 Å². The number of carbonyl (C=O) groups is 1. The minimum Gasteiger partial charge on any atom is -0.489 e. The van der Waals surface area contributed by atoms with Gasteiger partial charge >= 0.3 is 0 Å². The highest BCUT2D eigenvalue weighted by atomic mass is 79.9. The van der Waals surface area contributed by atoms with Crippen LogP contribution in [-0.4, -0.2) is 5.91 Å². The summed E-state index contributed by atoms with van der Waals surface area (Å²) in [6, 6.07) is 29.5. The van der Waals surface area contributed by atoms with E-state index in [1.165, 1.54) is 6.08 Å². The molecule has 0 saturated heterocycles. The first-order chi connectivity index (χ1) is 18.4. The van der Waals surface area contributed by atoms with E-state index in [4.69, 9.17) is 32.7 Å². The van der Waals surface area contributed by atoms with Crippen LogP contribution in [0.2, 0.25) is 10.0 Å². The Labute approximate surface area is 239 Å². The molecule has 0 aromatic heterocycles. The minimum atomic E-state index is -0.562. The quantitative estimate of drug-likeness (QED) is 0.153. The van der Waals surface area contributed by atoms with Gasteiger partial charge in [-0.1, -0.05) is 81.6 Å². The van der Waals surface area contributed by atoms with Gasteiger partial charge < -0.3 is 14.8 Å². The third-order valence-corrected chi connectivity index (χ3v) is 6.44. The van der Waals surface area contributed by atoms with Crippen molar-refractivity contribution in [2.45, 2.75) is 13.2 Å². The van der Waals surface area contributed by atoms with Crippen LogP contribution >= 0.6 is 39.1 Å². The van der Waals surface area contributed by atoms with Gasteiger partial charge in [0.1, 0.15) is 30.6 Å². The van der Waals surface area contributed by atoms with Crippen LogP contribution in [0.1, 0.15) is 16.7 Å². The first kappa shape index (κ1) is 27.3. The van der Waals surface area contributed by atoms with Gasteiger partial charge in [-0.2, -0.15) is 5.26 Å². The van der Waals surface area contributed by atoms with Gasteiger partial charge in [-0.3, -0.25) is 4.79 Å². The largest absolute Gasteiger partial charge is 0.489 e. The molecule has 4 aromatic carbocycles. The maximum atomic E-state index is 12.7. The number of nitrogens with one attached hydrogen (secondary N) is 1. The lowest BCUT2D eigenvalue weighted by molar-refractivity contribution is -0.112. The van der Waals surface area contributed by atoms with E-state index in [0.717, 1.165) is 15.6 Å². The Hall–Kier alpha value is -3.76. The average molecular weight is 608 g/mol. The second-order valence-electron chi connectivity index (χ2n) is 8.15. The predicted molar refractivity (Wildman–Crippen MR) is 154 cm³/mol. The Bertz CT molecular complexity index is 1460. The number of ether oxygens (including phenoxy) is 2. The molecule has 4 aromatic rings. The second-order valence-corrected chi connectivity index (χ2v) is 9.88. The van der Waals surface area contributed by atoms with Gasteiger partial charge in [0.25, 0.3) is 5.91 Å². The van der Waals surface area contributed by atoms with Gasteiger partial charge in [0.2, 0.25) is 0 Å². The van der Waals surface area contributed by atoms with Crippen molar-refractivity contribution in [2.24, 2.45) is 0 Å². The zero-order chi connectivity index (χ0) is 26.9. The van der Waals surface area contributed by atoms with E-state index in [2.05, 4.69) is 21.2 Å². The molecule has 38 heavy (non-hydrogen) atoms. The number of amides is 1. The molecule has 0 unspecified atom stereocenters. The molecule has 4 rings (SSSR count). The summed E-state index contributed by atoms with van der Waals surface area (Å²) < 4.78 is 12.5. The average Bonchev–Trinajstić information content (AvgIpc) is 2.92. The molecule has 0 radical (unpaired) electrons. The highest BCUT2D eigenvalue weighted by Gasteiger charge is 2.13. The Morgan fingerprint density at radius 2 is 1.47 bits per heavy atom. The summed E-state index contributed by atoms with van der Waals surface area (Å²) in [6.07, 6.45) is 1.42. The summed E-state index contributed by atoms with van der Waals surface area (Å²) in [7, 11) is 0. The molecular weight excluding hydrogens is 587 g/mol. The van der Waals surface area contributed by atoms with E-state index in [1.54, 1.807) is 36.4 Å². The van der Waals surface area contributed by atoms with Crippen molar-refractivity contribution < 1.29 is 14.3 Å². The van der Waals surface area contributed by atoms with Crippen molar-refractivity contribution in [1.29, 1.82) is 5.26 Å². The van der Waals surface area contributed by atoms with Gasteiger partial charge in [-0.25, -0.2) is 0 Å². The van der Waals surface area contributed by atoms with Crippen LogP contribution in [0.5, 0.6) is 11.5 Å². The molecule has 1 N–H and O–H groups in total. The van der Waals surface area contributed by atoms with Crippen LogP contribution in [0.3, 0.4) is 0 Å². The SMILES string of the molecule is N#C/C(=C\c1cc(Cl)c(OCc2ccc(Br)cc2)c(Cl)c1)C(=O)Nc1ccc(OCc2ccccc2)cc1. The van der Waals surface area contributed by atoms with Crippen molar-refractivity contribution in [1.82, 2.24) is 0 Å². The zero-order valence-electron chi connectivity index (χ0n) is 20.0. The molecule has 5 nitrogen and oxygen atoms in total. The van der Waals surface area contributed by atoms with Crippen LogP contribution < -0.4 is 14.8 Å². The number of hydrogen-bond acceptors (Lipinski definition) is 4. The minimum absolute atomic E-state index is 0.106. The fourth-order valence-electron chi connectivity index (χ4n) is 3.43. The number of rotatable bonds is 9. The number of halogens is 3. The van der Waals surface area contributed by atoms with Crippen molar-refractivity contribution in [3.05, 3.63) is 128 Å². The molecule has 0 aliphatic heterocycles. The van der Waals surface area contributed by atoms with Crippen molar-refractivity contribution in [2.75, 3.05) is 5.32 Å². The number of benzene rings is 4. The highest BCUT2D eigenvalue weighted by Crippen LogP contribution is 2.35. The molecule has 190 valence electrons. The maximum absolute atomic E-state index is 12.7. The summed E-state index contributed by atoms with van der Waals surface area (Å²) in [5.74, 6) is 0.425. The number of anilines is 1. The van der Waals surface area contributed by atoms with Crippen LogP contribution in [0.15, 0.2) is 101 Å². The lowest BCUT2D eigenvalue weighted by Gasteiger charge is -2.11. The highest BCUT2D eigenvalue weighted by molar-refractivity contribution is 9.10. The van der Waals surface area contributed by atoms with Crippen molar-refractivity contribution in [3.63, 3.8) is 0 Å². The first-order valence-corrected chi connectivity index (χ1v) is 13.0. The molecule has 1 amide bonds. The summed E-state index contributed by atoms with van der Waals surface area (Å²) in [4.78, 5) is 12.7. The molecule has 0 bridgehead atoms. The molecule has 0 spiro atoms. The number of nitrogens with zero attached hydrogens (tertiary/aromatic N) is 1. The second kappa shape index (κ2) is 13.2. The van der Waals surface area contributed by atoms with Gasteiger partial charge in [0.15, 0.2) is 5.75 Å². The van der Waals surface area contributed by atoms with E-state index in [9.17, 15) is 10.1 Å². The summed E-state index contributed by atoms with van der Waals surface area (Å²) in [6.45, 7) is 0.719. The Balaban J connectivity index is 1.39. The van der Waals surface area contributed by atoms with E-state index in [0.29, 0.717) is 29.4 Å². The Morgan fingerprint density at radius 3 is 2.11 bits per heavy atom. The third-order valence-electron chi connectivity index (χ3n) is 5.35. The number of nitriles is 1. The lowest BCUT2D eigenvalue weighted by Crippen LogP contribution is -2.13. The first-order valence-electron chi connectivity index (χ1n) is 11.5. The van der Waals surface area contributed by atoms with Crippen LogP contribution in [0.25, 0.3) is 6.08 Å². The smallest absolute Gasteiger partial charge is 0.266 e. The summed E-state index contributed by atoms with van der Waals surface area (Å²) >= 11 is 16.2. The van der Waals surface area contributed by atoms with E-state index in [-0.39, 0.29) is 22.2 Å². The molecule has 0 aliphatic carbocycles. The number of hydrogen-bond donors (Lipinski definition) is 1. The molecule has 8 heteroatoms. The number of carbonyl (C=O) groups excluding carboxylic acids is 1. The zero-order valence-corrected chi connectivity index (χ0v) is 23.1. The predicted octanol–water partition coefficient (Wildman–Crippen LogP) is 8.46. The standard InChI is InChI=1S/C30H21BrCl2N2O3/c31-24-8-6-21(7-9-24)19-38-29-27(32)15-22(16-28(29)33)14-23(17-34)30(36)35-25-10-12-26(13-11-25)37-18-20-4-2-1-3-5-20/h1-16H,18-19H2,(H,35,36)/b23-14+. The molecule has 0 heterocycles. The monoisotopic (exact) mass is 606 g/mol. The van der Waals surface area contributed by atoms with Crippen molar-refractivity contribution >= 4 is 56.8 Å². The Morgan fingerprint density at radius 1 is 0.868 bits per heavy atom. The van der Waals surface area contributed by atoms with Gasteiger partial charge in [0, 0.05) is 10.2 Å². The fourth-order valence-corrected chi connectivity index (χ4v) is 4.30. The summed E-state index contributed by atoms with van der Waals surface area (Å²) in [5.41, 5.74) is 2.91. The van der Waals surface area contributed by atoms with Gasteiger partial charge in [0.05, 0.1) is 10.0 Å². The van der Waals surface area contributed by atoms with Crippen LogP contribution in [0, 0.1) is 11.3 Å². The van der Waals surface area contributed by atoms with Crippen molar-refractivity contribution in [3.8, 4) is 17.6 Å². The normalized spacial score (nSPS) is 10.9. The lowest BCUT2D eigenvalue weighted by atomic mass is 10.1. The van der Waals surface area contributed by atoms with E-state index < -0.39 is 5.91 Å². The molecule has 0 fully saturated rings. The molecule has 0 aliphatic rings. The third kappa shape index (κ3) is 7.62. The Kier molecular flexibility index (Phi) is 9.45. The topological polar surface area (TPSA) is 71.3 Å². The maximum Gasteiger partial charge on any atom is 0.266 e. The van der Waals surface area contributed by atoms with Crippen LogP contribution in [-0.2, 0) is 18.0 Å². The van der Waals surface area contributed by atoms with Gasteiger partial charge in [-0.15, -0.1) is 0 Å². The van der Waals surface area contributed by atoms with Gasteiger partial charge in [-0.05, 0) is 71.3 Å². The molecular formula is C30H21BrCl2N2O3. The fraction of sp³-hybridized carbons (Fsp3) is 0.0667. The van der Waals surface area contributed by atoms with Crippen LogP contribution in [0.4, 0.5) is 5.69 Å². The van der Waals surface area contributed by atoms with E-state index >= 15 is 0 Å². The molecule has 0 saturated carbocycles. The molecule has 0 atom stereocenters. The summed E-state index contributed by atoms with van der Waals surface area (Å²) in [5, 5.41) is 12.8.